The van der Waals surface area contributed by atoms with Gasteiger partial charge in [0.15, 0.2) is 42.9 Å². The summed E-state index contributed by atoms with van der Waals surface area (Å²) >= 11 is 0. The predicted octanol–water partition coefficient (Wildman–Crippen LogP) is 6.49. The standard InChI is InChI=1S/C57H82O21/c1-28(58)68-27-37-41(69-29(2)59)42(70-30(3)60)46(73-33(6)63)49(75-37)78-51(66)57-24-22-52(8,9)26-36(57)35-16-17-39-54(12)20-19-40(53(10,11)38(54)18-21-56(39,14)55(35,13)23-25-57)76-50-47(74-34(7)64)44(72-32(5)62)43(71-31(4)61)45(77-50)48(65)67-15/h16,36-47,49-50H,17-27H2,1-15H3/t36-,37+,38+,39+,40-,41+,42-,43-,44-,45-,46+,47+,49-,50+,54-,55+,56+,57-/m0/s1. The summed E-state index contributed by atoms with van der Waals surface area (Å²) in [7, 11) is 1.14. The number of hydrogen-bond acceptors (Lipinski definition) is 21. The summed E-state index contributed by atoms with van der Waals surface area (Å²) in [5, 5.41) is 0. The Kier molecular flexibility index (Phi) is 17.4. The van der Waals surface area contributed by atoms with Gasteiger partial charge in [0, 0.05) is 48.5 Å². The van der Waals surface area contributed by atoms with E-state index in [4.69, 9.17) is 56.8 Å². The third kappa shape index (κ3) is 11.3. The quantitative estimate of drug-likeness (QED) is 0.0825. The second-order valence-corrected chi connectivity index (χ2v) is 25.0. The Bertz CT molecular complexity index is 2410. The van der Waals surface area contributed by atoms with E-state index in [1.165, 1.54) is 19.4 Å². The molecule has 4 saturated carbocycles. The highest BCUT2D eigenvalue weighted by Gasteiger charge is 2.70. The number of esters is 9. The fourth-order valence-corrected chi connectivity index (χ4v) is 15.7. The number of methoxy groups -OCH3 is 1. The van der Waals surface area contributed by atoms with Crippen molar-refractivity contribution >= 4 is 53.7 Å². The highest BCUT2D eigenvalue weighted by atomic mass is 16.8. The highest BCUT2D eigenvalue weighted by molar-refractivity contribution is 5.79. The molecular weight excluding hydrogens is 1020 g/mol. The summed E-state index contributed by atoms with van der Waals surface area (Å²) in [5.41, 5.74) is -1.34. The number of allylic oxidation sites excluding steroid dienone is 2. The Morgan fingerprint density at radius 3 is 1.64 bits per heavy atom. The number of hydrogen-bond donors (Lipinski definition) is 0. The Morgan fingerprint density at radius 1 is 0.551 bits per heavy atom. The maximum atomic E-state index is 15.5. The molecule has 21 nitrogen and oxygen atoms in total. The molecule has 0 N–H and O–H groups in total. The molecule has 6 fully saturated rings. The molecule has 78 heavy (non-hydrogen) atoms. The lowest BCUT2D eigenvalue weighted by Gasteiger charge is -2.71. The van der Waals surface area contributed by atoms with Gasteiger partial charge in [-0.1, -0.05) is 60.1 Å². The monoisotopic (exact) mass is 1100 g/mol. The van der Waals surface area contributed by atoms with Gasteiger partial charge in [0.2, 0.25) is 12.4 Å². The first-order chi connectivity index (χ1) is 36.2. The van der Waals surface area contributed by atoms with Gasteiger partial charge in [-0.05, 0) is 109 Å². The van der Waals surface area contributed by atoms with Gasteiger partial charge in [0.25, 0.3) is 0 Å². The number of rotatable bonds is 13. The Hall–Kier alpha value is -5.15. The van der Waals surface area contributed by atoms with E-state index >= 15 is 4.79 Å². The zero-order valence-corrected chi connectivity index (χ0v) is 48.0. The van der Waals surface area contributed by atoms with E-state index in [0.29, 0.717) is 38.5 Å². The van der Waals surface area contributed by atoms with Crippen LogP contribution < -0.4 is 0 Å². The lowest BCUT2D eigenvalue weighted by Crippen LogP contribution is -2.67. The van der Waals surface area contributed by atoms with Crippen LogP contribution in [0.3, 0.4) is 0 Å². The Balaban J connectivity index is 1.19. The summed E-state index contributed by atoms with van der Waals surface area (Å²) < 4.78 is 70.0. The zero-order chi connectivity index (χ0) is 57.8. The van der Waals surface area contributed by atoms with Gasteiger partial charge >= 0.3 is 53.7 Å². The van der Waals surface area contributed by atoms with Gasteiger partial charge in [0.05, 0.1) is 18.6 Å². The van der Waals surface area contributed by atoms with E-state index in [-0.39, 0.29) is 39.4 Å². The fraction of sp³-hybridized carbons (Fsp3) is 0.807. The van der Waals surface area contributed by atoms with Crippen LogP contribution in [0.25, 0.3) is 0 Å². The number of ether oxygens (including phenoxy) is 12. The second kappa shape index (κ2) is 22.4. The highest BCUT2D eigenvalue weighted by Crippen LogP contribution is 2.76. The Morgan fingerprint density at radius 2 is 1.08 bits per heavy atom. The van der Waals surface area contributed by atoms with E-state index in [9.17, 15) is 38.4 Å². The van der Waals surface area contributed by atoms with Crippen LogP contribution in [0.5, 0.6) is 0 Å². The third-order valence-electron chi connectivity index (χ3n) is 19.3. The average Bonchev–Trinajstić information content (AvgIpc) is 3.49. The molecule has 0 spiro atoms. The maximum absolute atomic E-state index is 15.5. The van der Waals surface area contributed by atoms with Crippen molar-refractivity contribution in [1.29, 1.82) is 0 Å². The molecule has 2 aliphatic heterocycles. The van der Waals surface area contributed by atoms with E-state index in [2.05, 4.69) is 54.5 Å². The average molecular weight is 1100 g/mol. The van der Waals surface area contributed by atoms with Gasteiger partial charge in [-0.25, -0.2) is 4.79 Å². The third-order valence-corrected chi connectivity index (χ3v) is 19.3. The molecule has 0 unspecified atom stereocenters. The van der Waals surface area contributed by atoms with E-state index in [0.717, 1.165) is 67.4 Å². The summed E-state index contributed by atoms with van der Waals surface area (Å²) in [6.45, 7) is 23.5. The minimum absolute atomic E-state index is 0.0958. The van der Waals surface area contributed by atoms with E-state index < -0.39 is 139 Å². The molecule has 0 bridgehead atoms. The van der Waals surface area contributed by atoms with Crippen LogP contribution in [-0.4, -0.2) is 135 Å². The second-order valence-electron chi connectivity index (χ2n) is 25.0. The van der Waals surface area contributed by atoms with Crippen molar-refractivity contribution in [1.82, 2.24) is 0 Å². The smallest absolute Gasteiger partial charge is 0.339 e. The van der Waals surface area contributed by atoms with Crippen molar-refractivity contribution in [2.24, 2.45) is 50.2 Å². The van der Waals surface area contributed by atoms with E-state index in [1.807, 2.05) is 0 Å². The van der Waals surface area contributed by atoms with Crippen LogP contribution >= 0.6 is 0 Å². The molecule has 0 aromatic carbocycles. The summed E-state index contributed by atoms with van der Waals surface area (Å²) in [6.07, 6.45) is -6.30. The van der Waals surface area contributed by atoms with Gasteiger partial charge < -0.3 is 56.8 Å². The summed E-state index contributed by atoms with van der Waals surface area (Å²) in [6, 6.07) is 0. The van der Waals surface area contributed by atoms with Gasteiger partial charge in [-0.3, -0.25) is 38.4 Å². The molecular formula is C57H82O21. The van der Waals surface area contributed by atoms with Crippen molar-refractivity contribution < 1.29 is 100.0 Å². The van der Waals surface area contributed by atoms with Gasteiger partial charge in [-0.15, -0.1) is 0 Å². The van der Waals surface area contributed by atoms with Crippen molar-refractivity contribution in [3.8, 4) is 0 Å². The molecule has 0 aromatic heterocycles. The van der Waals surface area contributed by atoms with Crippen LogP contribution in [0.4, 0.5) is 0 Å². The number of carbonyl (C=O) groups is 9. The molecule has 18 atom stereocenters. The van der Waals surface area contributed by atoms with Crippen molar-refractivity contribution in [3.63, 3.8) is 0 Å². The lowest BCUT2D eigenvalue weighted by molar-refractivity contribution is -0.327. The molecule has 2 saturated heterocycles. The molecule has 0 amide bonds. The first-order valence-electron chi connectivity index (χ1n) is 27.4. The van der Waals surface area contributed by atoms with Crippen LogP contribution in [0, 0.1) is 50.2 Å². The zero-order valence-electron chi connectivity index (χ0n) is 48.0. The molecule has 436 valence electrons. The van der Waals surface area contributed by atoms with Gasteiger partial charge in [0.1, 0.15) is 12.7 Å². The fourth-order valence-electron chi connectivity index (χ4n) is 15.7. The molecule has 2 heterocycles. The topological polar surface area (TPSA) is 264 Å². The van der Waals surface area contributed by atoms with Crippen molar-refractivity contribution in [2.75, 3.05) is 13.7 Å². The first kappa shape index (κ1) is 60.5. The number of fused-ring (bicyclic) bond motifs is 7. The normalized spacial score (nSPS) is 40.2. The minimum atomic E-state index is -1.66. The van der Waals surface area contributed by atoms with Gasteiger partial charge in [-0.2, -0.15) is 0 Å². The number of carbonyl (C=O) groups excluding carboxylic acids is 9. The van der Waals surface area contributed by atoms with E-state index in [1.54, 1.807) is 0 Å². The lowest BCUT2D eigenvalue weighted by atomic mass is 9.33. The Labute approximate surface area is 456 Å². The largest absolute Gasteiger partial charge is 0.467 e. The molecule has 0 radical (unpaired) electrons. The van der Waals surface area contributed by atoms with Crippen molar-refractivity contribution in [2.45, 2.75) is 229 Å². The summed E-state index contributed by atoms with van der Waals surface area (Å²) in [4.78, 5) is 116. The molecule has 7 aliphatic rings. The molecule has 0 aromatic rings. The van der Waals surface area contributed by atoms with Crippen LogP contribution in [0.1, 0.15) is 161 Å². The maximum Gasteiger partial charge on any atom is 0.339 e. The molecule has 7 rings (SSSR count). The minimum Gasteiger partial charge on any atom is -0.467 e. The SMILES string of the molecule is COC(=O)[C@H]1O[C@@H](O[C@H]2CC[C@@]3(C)[C@H](CC[C@]4(C)[C@@H]3CC=C3[C@@H]5CC(C)(C)CC[C@]5(C(=O)O[C@@H]5O[C@H](COC(C)=O)[C@@H](OC(C)=O)[C@H](OC(C)=O)[C@H]5OC(C)=O)CC[C@]34C)C2(C)C)[C@H](OC(C)=O)[C@@H](OC(C)=O)[C@@H]1OC(C)=O. The van der Waals surface area contributed by atoms with Crippen molar-refractivity contribution in [3.05, 3.63) is 11.6 Å². The molecule has 21 heteroatoms. The molecule has 5 aliphatic carbocycles. The summed E-state index contributed by atoms with van der Waals surface area (Å²) in [5.74, 6) is -6.84. The van der Waals surface area contributed by atoms with Crippen LogP contribution in [0.15, 0.2) is 11.6 Å². The van der Waals surface area contributed by atoms with Crippen LogP contribution in [-0.2, 0) is 100.0 Å². The predicted molar refractivity (Wildman–Crippen MR) is 269 cm³/mol. The van der Waals surface area contributed by atoms with Crippen LogP contribution in [0.2, 0.25) is 0 Å². The first-order valence-corrected chi connectivity index (χ1v) is 27.4.